The molecule has 0 amide bonds. The van der Waals surface area contributed by atoms with Crippen molar-refractivity contribution in [2.24, 2.45) is 4.99 Å². The van der Waals surface area contributed by atoms with Crippen LogP contribution in [0.25, 0.3) is 10.9 Å². The summed E-state index contributed by atoms with van der Waals surface area (Å²) in [6.45, 7) is 8.34. The molecule has 0 saturated carbocycles. The zero-order valence-electron chi connectivity index (χ0n) is 18.6. The summed E-state index contributed by atoms with van der Waals surface area (Å²) in [5.41, 5.74) is 1.53. The summed E-state index contributed by atoms with van der Waals surface area (Å²) in [6, 6.07) is 5.76. The number of nitrogens with zero attached hydrogens (tertiary/aromatic N) is 5. The third-order valence-electron chi connectivity index (χ3n) is 6.37. The molecular formula is C23H26F3N7. The van der Waals surface area contributed by atoms with Gasteiger partial charge in [-0.1, -0.05) is 12.1 Å². The van der Waals surface area contributed by atoms with Crippen molar-refractivity contribution in [2.75, 3.05) is 42.9 Å². The highest BCUT2D eigenvalue weighted by Crippen LogP contribution is 2.35. The maximum atomic E-state index is 13.4. The number of aromatic nitrogens is 3. The second kappa shape index (κ2) is 8.33. The Morgan fingerprint density at radius 2 is 1.91 bits per heavy atom. The van der Waals surface area contributed by atoms with Crippen molar-refractivity contribution in [3.63, 3.8) is 0 Å². The first-order valence-electron chi connectivity index (χ1n) is 11.1. The zero-order valence-corrected chi connectivity index (χ0v) is 18.6. The van der Waals surface area contributed by atoms with Crippen LogP contribution in [0.5, 0.6) is 0 Å². The minimum absolute atomic E-state index is 0.197. The maximum Gasteiger partial charge on any atom is 0.416 e. The Labute approximate surface area is 189 Å². The number of nitrogens with one attached hydrogen (secondary N) is 2. The van der Waals surface area contributed by atoms with Crippen molar-refractivity contribution in [3.05, 3.63) is 52.6 Å². The Hall–Kier alpha value is -3.14. The normalized spacial score (nSPS) is 17.8. The Kier molecular flexibility index (Phi) is 5.48. The van der Waals surface area contributed by atoms with E-state index in [0.717, 1.165) is 62.1 Å². The monoisotopic (exact) mass is 457 g/mol. The van der Waals surface area contributed by atoms with Gasteiger partial charge in [-0.3, -0.25) is 4.99 Å². The summed E-state index contributed by atoms with van der Waals surface area (Å²) in [6.07, 6.45) is -2.55. The van der Waals surface area contributed by atoms with Crippen LogP contribution < -0.4 is 21.0 Å². The Balaban J connectivity index is 1.65. The van der Waals surface area contributed by atoms with Crippen LogP contribution in [0.15, 0.2) is 35.5 Å². The molecule has 0 aliphatic carbocycles. The van der Waals surface area contributed by atoms with Crippen LogP contribution in [0.4, 0.5) is 24.9 Å². The smallest absolute Gasteiger partial charge is 0.354 e. The van der Waals surface area contributed by atoms with E-state index < -0.39 is 17.8 Å². The molecule has 0 bridgehead atoms. The molecule has 1 unspecified atom stereocenters. The number of anilines is 2. The molecule has 2 aliphatic heterocycles. The number of pyridine rings is 1. The third kappa shape index (κ3) is 4.03. The van der Waals surface area contributed by atoms with Crippen LogP contribution in [0.3, 0.4) is 0 Å². The number of halogens is 3. The maximum absolute atomic E-state index is 13.4. The molecule has 0 spiro atoms. The van der Waals surface area contributed by atoms with Crippen LogP contribution in [0, 0.1) is 6.92 Å². The fraction of sp³-hybridized carbons (Fsp3) is 0.435. The van der Waals surface area contributed by atoms with Gasteiger partial charge in [-0.15, -0.1) is 0 Å². The van der Waals surface area contributed by atoms with Crippen molar-refractivity contribution in [2.45, 2.75) is 32.6 Å². The Bertz CT molecular complexity index is 1260. The zero-order chi connectivity index (χ0) is 23.2. The number of hydrogen-bond donors (Lipinski definition) is 2. The van der Waals surface area contributed by atoms with Gasteiger partial charge < -0.3 is 20.1 Å². The first-order chi connectivity index (χ1) is 15.8. The predicted molar refractivity (Wildman–Crippen MR) is 121 cm³/mol. The summed E-state index contributed by atoms with van der Waals surface area (Å²) >= 11 is 0. The van der Waals surface area contributed by atoms with Crippen molar-refractivity contribution < 1.29 is 13.2 Å². The molecule has 33 heavy (non-hydrogen) atoms. The topological polar surface area (TPSA) is 70.4 Å². The standard InChI is InChI=1S/C23H26F3N7/c1-14-16(4-3-5-18(14)23(24,25)26)15(2)30-21-17-12-20(32-9-6-27-7-10-32)29-13-19(17)33-11-8-28-22(33)31-21/h3-5,12-13,15,27H,6-11H2,1-2H3,(H,28,30,31). The summed E-state index contributed by atoms with van der Waals surface area (Å²) in [7, 11) is 0. The molecule has 1 saturated heterocycles. The first-order valence-corrected chi connectivity index (χ1v) is 11.1. The summed E-state index contributed by atoms with van der Waals surface area (Å²) < 4.78 is 42.4. The van der Waals surface area contributed by atoms with Crippen LogP contribution >= 0.6 is 0 Å². The quantitative estimate of drug-likeness (QED) is 0.632. The van der Waals surface area contributed by atoms with Gasteiger partial charge in [0.1, 0.15) is 5.82 Å². The van der Waals surface area contributed by atoms with Gasteiger partial charge in [0.2, 0.25) is 5.95 Å². The molecular weight excluding hydrogens is 431 g/mol. The first kappa shape index (κ1) is 21.7. The molecule has 7 nitrogen and oxygen atoms in total. The second-order valence-corrected chi connectivity index (χ2v) is 8.46. The van der Waals surface area contributed by atoms with Crippen molar-refractivity contribution in [1.82, 2.24) is 19.9 Å². The highest BCUT2D eigenvalue weighted by atomic mass is 19.4. The van der Waals surface area contributed by atoms with Gasteiger partial charge in [0.05, 0.1) is 23.3 Å². The Morgan fingerprint density at radius 3 is 2.67 bits per heavy atom. The van der Waals surface area contributed by atoms with Gasteiger partial charge in [-0.05, 0) is 37.1 Å². The molecule has 1 atom stereocenters. The average molecular weight is 458 g/mol. The van der Waals surface area contributed by atoms with Crippen LogP contribution in [-0.4, -0.2) is 47.3 Å². The lowest BCUT2D eigenvalue weighted by Gasteiger charge is -2.28. The molecule has 10 heteroatoms. The van der Waals surface area contributed by atoms with Crippen LogP contribution in [-0.2, 0) is 12.7 Å². The van der Waals surface area contributed by atoms with Gasteiger partial charge in [0.15, 0.2) is 5.49 Å². The summed E-state index contributed by atoms with van der Waals surface area (Å²) in [4.78, 5) is 16.5. The number of piperazine rings is 1. The van der Waals surface area contributed by atoms with Crippen molar-refractivity contribution in [3.8, 4) is 0 Å². The minimum Gasteiger partial charge on any atom is -0.354 e. The number of rotatable bonds is 3. The van der Waals surface area contributed by atoms with Gasteiger partial charge in [-0.25, -0.2) is 4.98 Å². The fourth-order valence-corrected chi connectivity index (χ4v) is 4.64. The van der Waals surface area contributed by atoms with Crippen LogP contribution in [0.1, 0.15) is 29.7 Å². The lowest BCUT2D eigenvalue weighted by Crippen LogP contribution is -2.43. The van der Waals surface area contributed by atoms with Gasteiger partial charge in [-0.2, -0.15) is 18.2 Å². The molecule has 174 valence electrons. The number of fused-ring (bicyclic) bond motifs is 3. The lowest BCUT2D eigenvalue weighted by molar-refractivity contribution is -0.138. The van der Waals surface area contributed by atoms with Gasteiger partial charge in [0.25, 0.3) is 0 Å². The Morgan fingerprint density at radius 1 is 1.12 bits per heavy atom. The number of benzene rings is 1. The SMILES string of the molecule is Cc1c(C(C)N=c2nc3n(c4cnc(N5CCNCC5)cc24)CCN3)cccc1C(F)(F)F. The second-order valence-electron chi connectivity index (χ2n) is 8.46. The molecule has 2 N–H and O–H groups in total. The van der Waals surface area contributed by atoms with Gasteiger partial charge in [0, 0.05) is 44.7 Å². The average Bonchev–Trinajstić information content (AvgIpc) is 3.27. The molecule has 1 fully saturated rings. The molecule has 5 rings (SSSR count). The molecule has 1 aromatic carbocycles. The predicted octanol–water partition coefficient (Wildman–Crippen LogP) is 3.26. The molecule has 3 aromatic rings. The lowest BCUT2D eigenvalue weighted by atomic mass is 9.97. The van der Waals surface area contributed by atoms with E-state index in [4.69, 9.17) is 15.0 Å². The van der Waals surface area contributed by atoms with E-state index in [9.17, 15) is 13.2 Å². The summed E-state index contributed by atoms with van der Waals surface area (Å²) in [5.74, 6) is 1.56. The highest BCUT2D eigenvalue weighted by molar-refractivity contribution is 5.81. The van der Waals surface area contributed by atoms with E-state index >= 15 is 0 Å². The van der Waals surface area contributed by atoms with E-state index in [-0.39, 0.29) is 5.56 Å². The van der Waals surface area contributed by atoms with E-state index in [0.29, 0.717) is 17.0 Å². The largest absolute Gasteiger partial charge is 0.416 e. The highest BCUT2D eigenvalue weighted by Gasteiger charge is 2.33. The minimum atomic E-state index is -4.40. The van der Waals surface area contributed by atoms with E-state index in [1.807, 2.05) is 19.2 Å². The number of alkyl halides is 3. The van der Waals surface area contributed by atoms with Crippen LogP contribution in [0.2, 0.25) is 0 Å². The fourth-order valence-electron chi connectivity index (χ4n) is 4.64. The van der Waals surface area contributed by atoms with E-state index in [2.05, 4.69) is 20.1 Å². The molecule has 0 radical (unpaired) electrons. The van der Waals surface area contributed by atoms with Crippen molar-refractivity contribution in [1.29, 1.82) is 0 Å². The molecule has 2 aromatic heterocycles. The molecule has 4 heterocycles. The molecule has 2 aliphatic rings. The third-order valence-corrected chi connectivity index (χ3v) is 6.37. The van der Waals surface area contributed by atoms with Gasteiger partial charge >= 0.3 is 6.18 Å². The van der Waals surface area contributed by atoms with Crippen molar-refractivity contribution >= 4 is 22.7 Å². The van der Waals surface area contributed by atoms with E-state index in [1.165, 1.54) is 13.0 Å². The van der Waals surface area contributed by atoms with E-state index in [1.54, 1.807) is 6.07 Å². The summed E-state index contributed by atoms with van der Waals surface area (Å²) in [5, 5.41) is 7.45. The number of hydrogen-bond acceptors (Lipinski definition) is 6.